The Morgan fingerprint density at radius 2 is 1.81 bits per heavy atom. The number of amides is 1. The summed E-state index contributed by atoms with van der Waals surface area (Å²) in [6.45, 7) is 9.94. The molecule has 2 aliphatic rings. The highest BCUT2D eigenvalue weighted by Gasteiger charge is 2.39. The van der Waals surface area contributed by atoms with Crippen LogP contribution in [0, 0.1) is 0 Å². The number of carbonyl (C=O) groups is 1. The summed E-state index contributed by atoms with van der Waals surface area (Å²) >= 11 is 7.47. The number of H-pyrrole nitrogens is 1. The Morgan fingerprint density at radius 3 is 2.33 bits per heavy atom. The number of pyridine rings is 1. The molecule has 0 saturated carbocycles. The number of anilines is 1. The number of aromatic amines is 1. The molecule has 228 valence electrons. The van der Waals surface area contributed by atoms with Crippen molar-refractivity contribution in [3.8, 4) is 0 Å². The summed E-state index contributed by atoms with van der Waals surface area (Å²) < 4.78 is 48.7. The van der Waals surface area contributed by atoms with Crippen molar-refractivity contribution in [2.24, 2.45) is 0 Å². The van der Waals surface area contributed by atoms with E-state index in [2.05, 4.69) is 9.97 Å². The molecule has 14 heteroatoms. The van der Waals surface area contributed by atoms with E-state index < -0.39 is 34.1 Å². The van der Waals surface area contributed by atoms with Crippen molar-refractivity contribution in [2.75, 3.05) is 23.7 Å². The van der Waals surface area contributed by atoms with E-state index in [9.17, 15) is 27.6 Å². The Bertz CT molecular complexity index is 1560. The number of rotatable bonds is 1. The predicted octanol–water partition coefficient (Wildman–Crippen LogP) is 5.77. The van der Waals surface area contributed by atoms with Gasteiger partial charge in [-0.2, -0.15) is 18.2 Å². The third kappa shape index (κ3) is 6.88. The first-order valence-electron chi connectivity index (χ1n) is 13.5. The minimum absolute atomic E-state index is 0.0532. The highest BCUT2D eigenvalue weighted by atomic mass is 35.5. The third-order valence-corrected chi connectivity index (χ3v) is 8.40. The number of carbonyl (C=O) groups excluding carboxylic acids is 1. The van der Waals surface area contributed by atoms with E-state index in [4.69, 9.17) is 16.3 Å². The maximum atomic E-state index is 13.9. The highest BCUT2D eigenvalue weighted by molar-refractivity contribution is 7.99. The van der Waals surface area contributed by atoms with Crippen molar-refractivity contribution in [3.05, 3.63) is 61.9 Å². The van der Waals surface area contributed by atoms with Crippen molar-refractivity contribution in [1.29, 1.82) is 0 Å². The van der Waals surface area contributed by atoms with E-state index in [0.717, 1.165) is 6.07 Å². The summed E-state index contributed by atoms with van der Waals surface area (Å²) in [4.78, 5) is 46.4. The number of aryl methyl sites for hydroxylation is 1. The number of piperazine rings is 1. The quantitative estimate of drug-likeness (QED) is 0.365. The molecule has 1 saturated heterocycles. The van der Waals surface area contributed by atoms with Gasteiger partial charge in [-0.25, -0.2) is 9.59 Å². The second-order valence-corrected chi connectivity index (χ2v) is 12.7. The summed E-state index contributed by atoms with van der Waals surface area (Å²) in [6, 6.07) is 5.28. The van der Waals surface area contributed by atoms with Crippen LogP contribution >= 0.6 is 23.4 Å². The van der Waals surface area contributed by atoms with Crippen molar-refractivity contribution >= 4 is 46.2 Å². The van der Waals surface area contributed by atoms with Crippen LogP contribution in [0.1, 0.15) is 46.6 Å². The summed E-state index contributed by atoms with van der Waals surface area (Å²) in [7, 11) is 0. The number of nitrogens with zero attached hydrogens (tertiary/aromatic N) is 4. The van der Waals surface area contributed by atoms with E-state index in [-0.39, 0.29) is 46.8 Å². The molecule has 5 rings (SSSR count). The zero-order valence-electron chi connectivity index (χ0n) is 23.9. The average molecular weight is 628 g/mol. The van der Waals surface area contributed by atoms with Crippen molar-refractivity contribution in [3.63, 3.8) is 0 Å². The summed E-state index contributed by atoms with van der Waals surface area (Å²) in [6.07, 6.45) is -2.91. The van der Waals surface area contributed by atoms with Gasteiger partial charge in [0.2, 0.25) is 5.56 Å². The minimum atomic E-state index is -4.66. The Balaban J connectivity index is 0.000000507. The Kier molecular flexibility index (Phi) is 9.22. The average Bonchev–Trinajstić information content (AvgIpc) is 3.10. The fourth-order valence-corrected chi connectivity index (χ4v) is 6.59. The van der Waals surface area contributed by atoms with Crippen molar-refractivity contribution < 1.29 is 22.7 Å². The maximum Gasteiger partial charge on any atom is 0.417 e. The fraction of sp³-hybridized carbons (Fsp3) is 0.500. The van der Waals surface area contributed by atoms with Crippen LogP contribution in [0.3, 0.4) is 0 Å². The lowest BCUT2D eigenvalue weighted by Crippen LogP contribution is -2.59. The monoisotopic (exact) mass is 627 g/mol. The van der Waals surface area contributed by atoms with Gasteiger partial charge in [-0.05, 0) is 58.9 Å². The van der Waals surface area contributed by atoms with Gasteiger partial charge in [0.05, 0.1) is 33.1 Å². The molecule has 4 heterocycles. The fourth-order valence-electron chi connectivity index (χ4n) is 5.10. The van der Waals surface area contributed by atoms with Gasteiger partial charge < -0.3 is 14.6 Å². The van der Waals surface area contributed by atoms with Crippen LogP contribution in [0.15, 0.2) is 44.9 Å². The first kappa shape index (κ1) is 31.7. The molecule has 1 aromatic carbocycles. The largest absolute Gasteiger partial charge is 0.444 e. The van der Waals surface area contributed by atoms with Gasteiger partial charge in [-0.3, -0.25) is 14.3 Å². The molecule has 42 heavy (non-hydrogen) atoms. The second kappa shape index (κ2) is 12.2. The van der Waals surface area contributed by atoms with Crippen LogP contribution < -0.4 is 16.1 Å². The molecule has 3 aromatic rings. The second-order valence-electron chi connectivity index (χ2n) is 11.3. The van der Waals surface area contributed by atoms with Gasteiger partial charge in [0, 0.05) is 37.3 Å². The van der Waals surface area contributed by atoms with Crippen molar-refractivity contribution in [2.45, 2.75) is 76.3 Å². The normalized spacial score (nSPS) is 19.2. The van der Waals surface area contributed by atoms with Crippen LogP contribution in [-0.4, -0.2) is 62.1 Å². The molecule has 1 fully saturated rings. The standard InChI is InChI=1S/C23H28ClF3N4O3S.C5H5NO/c1-12-10-29(11-13(2)31(12)21(33)34-22(3,4)5)19-14-9-15(23(25,26)27)16(24)18-17(14)30(20(32)28-19)7-6-8-35-18;7-5-3-1-2-4-6-5/h9,12-13H,6-8,10-11H2,1-5H3;1-4H,(H,6,7). The zero-order valence-corrected chi connectivity index (χ0v) is 25.5. The molecule has 0 aliphatic carbocycles. The van der Waals surface area contributed by atoms with Crippen LogP contribution in [0.5, 0.6) is 0 Å². The molecular formula is C28H33ClF3N5O4S. The molecule has 1 amide bonds. The van der Waals surface area contributed by atoms with Gasteiger partial charge in [0.15, 0.2) is 0 Å². The third-order valence-electron chi connectivity index (χ3n) is 6.72. The molecule has 1 N–H and O–H groups in total. The van der Waals surface area contributed by atoms with Gasteiger partial charge in [0.1, 0.15) is 11.4 Å². The van der Waals surface area contributed by atoms with Gasteiger partial charge in [0.25, 0.3) is 0 Å². The number of benzene rings is 1. The Morgan fingerprint density at radius 1 is 1.14 bits per heavy atom. The topological polar surface area (TPSA) is 101 Å². The van der Waals surface area contributed by atoms with Crippen molar-refractivity contribution in [1.82, 2.24) is 19.4 Å². The van der Waals surface area contributed by atoms with Crippen LogP contribution in [0.2, 0.25) is 5.02 Å². The molecule has 2 aromatic heterocycles. The molecule has 2 unspecified atom stereocenters. The first-order chi connectivity index (χ1) is 19.6. The number of hydrogen-bond donors (Lipinski definition) is 1. The van der Waals surface area contributed by atoms with Gasteiger partial charge in [-0.15, -0.1) is 11.8 Å². The first-order valence-corrected chi connectivity index (χ1v) is 14.8. The van der Waals surface area contributed by atoms with Crippen LogP contribution in [0.25, 0.3) is 10.9 Å². The summed E-state index contributed by atoms with van der Waals surface area (Å²) in [5, 5.41) is -0.158. The molecule has 0 bridgehead atoms. The number of halogens is 4. The number of aromatic nitrogens is 3. The lowest BCUT2D eigenvalue weighted by Gasteiger charge is -2.45. The van der Waals surface area contributed by atoms with E-state index in [0.29, 0.717) is 24.2 Å². The number of ether oxygens (including phenoxy) is 1. The lowest BCUT2D eigenvalue weighted by atomic mass is 10.1. The van der Waals surface area contributed by atoms with E-state index in [1.165, 1.54) is 22.4 Å². The molecular weight excluding hydrogens is 595 g/mol. The SMILES string of the molecule is CC1CN(c2nc(=O)n3c4c(c(Cl)c(C(F)(F)F)cc24)SCCC3)CC(C)N1C(=O)OC(C)(C)C.O=c1cccc[nH]1. The number of nitrogens with one attached hydrogen (secondary N) is 1. The zero-order chi connectivity index (χ0) is 31.0. The Labute approximate surface area is 250 Å². The molecule has 2 atom stereocenters. The Hall–Kier alpha value is -3.19. The summed E-state index contributed by atoms with van der Waals surface area (Å²) in [5.41, 5.74) is -1.80. The maximum absolute atomic E-state index is 13.9. The highest BCUT2D eigenvalue weighted by Crippen LogP contribution is 2.46. The van der Waals surface area contributed by atoms with Gasteiger partial charge in [-0.1, -0.05) is 17.7 Å². The van der Waals surface area contributed by atoms with Crippen LogP contribution in [0.4, 0.5) is 23.8 Å². The smallest absolute Gasteiger partial charge is 0.417 e. The number of hydrogen-bond acceptors (Lipinski definition) is 7. The lowest BCUT2D eigenvalue weighted by molar-refractivity contribution is -0.137. The summed E-state index contributed by atoms with van der Waals surface area (Å²) in [5.74, 6) is 0.713. The molecule has 9 nitrogen and oxygen atoms in total. The van der Waals surface area contributed by atoms with E-state index in [1.54, 1.807) is 48.9 Å². The molecule has 0 radical (unpaired) electrons. The van der Waals surface area contributed by atoms with Gasteiger partial charge >= 0.3 is 18.0 Å². The number of thioether (sulfide) groups is 1. The predicted molar refractivity (Wildman–Crippen MR) is 158 cm³/mol. The minimum Gasteiger partial charge on any atom is -0.444 e. The molecule has 0 spiro atoms. The van der Waals surface area contributed by atoms with E-state index >= 15 is 0 Å². The molecule has 2 aliphatic heterocycles. The van der Waals surface area contributed by atoms with E-state index in [1.807, 2.05) is 13.8 Å². The van der Waals surface area contributed by atoms with Crippen LogP contribution in [-0.2, 0) is 17.5 Å². The number of alkyl halides is 3.